The average molecular weight is 275 g/mol. The van der Waals surface area contributed by atoms with Crippen molar-refractivity contribution < 1.29 is 5.11 Å². The Hall–Kier alpha value is -1.84. The van der Waals surface area contributed by atoms with Gasteiger partial charge in [-0.3, -0.25) is 5.10 Å². The first-order chi connectivity index (χ1) is 9.84. The second-order valence-electron chi connectivity index (χ2n) is 4.81. The molecule has 1 aromatic heterocycles. The first-order valence-corrected chi connectivity index (χ1v) is 7.42. The van der Waals surface area contributed by atoms with Crippen LogP contribution in [0.5, 0.6) is 5.75 Å². The number of hydrogen-bond donors (Lipinski definition) is 2. The third-order valence-electron chi connectivity index (χ3n) is 3.12. The lowest BCUT2D eigenvalue weighted by molar-refractivity contribution is 0.466. The van der Waals surface area contributed by atoms with Crippen molar-refractivity contribution in [1.82, 2.24) is 15.4 Å². The minimum absolute atomic E-state index is 0.450. The third-order valence-corrected chi connectivity index (χ3v) is 3.12. The van der Waals surface area contributed by atoms with Gasteiger partial charge in [-0.2, -0.15) is 0 Å². The number of H-pyrrole nitrogens is 1. The van der Waals surface area contributed by atoms with Crippen LogP contribution in [-0.4, -0.2) is 20.5 Å². The summed E-state index contributed by atoms with van der Waals surface area (Å²) in [7, 11) is 0. The van der Waals surface area contributed by atoms with Crippen molar-refractivity contribution in [3.63, 3.8) is 0 Å². The zero-order valence-electron chi connectivity index (χ0n) is 12.3. The van der Waals surface area contributed by atoms with Crippen LogP contribution in [0, 0.1) is 0 Å². The zero-order chi connectivity index (χ0) is 14.5. The topological polar surface area (TPSA) is 61.8 Å². The molecule has 110 valence electrons. The predicted octanol–water partition coefficient (Wildman–Crippen LogP) is 4.10. The van der Waals surface area contributed by atoms with E-state index in [1.165, 1.54) is 38.5 Å². The molecule has 1 aromatic carbocycles. The molecule has 0 aliphatic rings. The normalized spacial score (nSPS) is 9.85. The van der Waals surface area contributed by atoms with Gasteiger partial charge in [0.25, 0.3) is 0 Å². The van der Waals surface area contributed by atoms with Gasteiger partial charge in [0.1, 0.15) is 5.75 Å². The molecule has 0 radical (unpaired) electrons. The number of aromatic amines is 1. The SMILES string of the molecule is CCCCCCCCc1ccccc1O.c1c[nH]nn1. The number of rotatable bonds is 7. The van der Waals surface area contributed by atoms with E-state index in [1.54, 1.807) is 18.5 Å². The number of aryl methyl sites for hydroxylation is 1. The van der Waals surface area contributed by atoms with Crippen LogP contribution in [-0.2, 0) is 6.42 Å². The van der Waals surface area contributed by atoms with E-state index in [0.717, 1.165) is 12.0 Å². The van der Waals surface area contributed by atoms with E-state index in [0.29, 0.717) is 5.75 Å². The molecule has 0 fully saturated rings. The average Bonchev–Trinajstić information content (AvgIpc) is 3.04. The van der Waals surface area contributed by atoms with Gasteiger partial charge in [0, 0.05) is 6.20 Å². The van der Waals surface area contributed by atoms with Crippen molar-refractivity contribution in [2.24, 2.45) is 0 Å². The first-order valence-electron chi connectivity index (χ1n) is 7.42. The number of nitrogens with zero attached hydrogens (tertiary/aromatic N) is 2. The molecule has 0 aliphatic carbocycles. The number of phenols is 1. The molecule has 0 amide bonds. The molecular formula is C16H25N3O. The fourth-order valence-corrected chi connectivity index (χ4v) is 1.98. The van der Waals surface area contributed by atoms with Gasteiger partial charge in [-0.25, -0.2) is 0 Å². The molecular weight excluding hydrogens is 250 g/mol. The van der Waals surface area contributed by atoms with Crippen LogP contribution in [0.2, 0.25) is 0 Å². The maximum Gasteiger partial charge on any atom is 0.118 e. The number of benzene rings is 1. The monoisotopic (exact) mass is 275 g/mol. The lowest BCUT2D eigenvalue weighted by atomic mass is 10.0. The van der Waals surface area contributed by atoms with Crippen LogP contribution in [0.15, 0.2) is 36.7 Å². The molecule has 2 N–H and O–H groups in total. The van der Waals surface area contributed by atoms with Crippen molar-refractivity contribution in [2.45, 2.75) is 51.9 Å². The Morgan fingerprint density at radius 3 is 2.40 bits per heavy atom. The molecule has 4 nitrogen and oxygen atoms in total. The van der Waals surface area contributed by atoms with Gasteiger partial charge < -0.3 is 5.11 Å². The van der Waals surface area contributed by atoms with Gasteiger partial charge in [-0.05, 0) is 24.5 Å². The van der Waals surface area contributed by atoms with Crippen molar-refractivity contribution in [3.05, 3.63) is 42.2 Å². The van der Waals surface area contributed by atoms with Gasteiger partial charge in [-0.15, -0.1) is 5.10 Å². The number of phenolic OH excluding ortho intramolecular Hbond substituents is 1. The summed E-state index contributed by atoms with van der Waals surface area (Å²) in [6, 6.07) is 7.65. The van der Waals surface area contributed by atoms with Crippen LogP contribution in [0.25, 0.3) is 0 Å². The minimum Gasteiger partial charge on any atom is -0.508 e. The van der Waals surface area contributed by atoms with Crippen molar-refractivity contribution in [3.8, 4) is 5.75 Å². The molecule has 0 aliphatic heterocycles. The zero-order valence-corrected chi connectivity index (χ0v) is 12.3. The number of aromatic hydroxyl groups is 1. The highest BCUT2D eigenvalue weighted by Gasteiger charge is 1.98. The first kappa shape index (κ1) is 16.2. The fraction of sp³-hybridized carbons (Fsp3) is 0.500. The molecule has 0 unspecified atom stereocenters. The molecule has 2 rings (SSSR count). The lowest BCUT2D eigenvalue weighted by Gasteiger charge is -2.03. The van der Waals surface area contributed by atoms with Crippen LogP contribution in [0.4, 0.5) is 0 Å². The van der Waals surface area contributed by atoms with Gasteiger partial charge in [0.15, 0.2) is 0 Å². The Bertz CT molecular complexity index is 412. The van der Waals surface area contributed by atoms with E-state index in [2.05, 4.69) is 22.3 Å². The number of hydrogen-bond acceptors (Lipinski definition) is 3. The second-order valence-corrected chi connectivity index (χ2v) is 4.81. The second kappa shape index (κ2) is 11.0. The van der Waals surface area contributed by atoms with Gasteiger partial charge in [0.2, 0.25) is 0 Å². The smallest absolute Gasteiger partial charge is 0.118 e. The van der Waals surface area contributed by atoms with Crippen LogP contribution in [0.3, 0.4) is 0 Å². The molecule has 0 atom stereocenters. The van der Waals surface area contributed by atoms with Crippen molar-refractivity contribution in [2.75, 3.05) is 0 Å². The summed E-state index contributed by atoms with van der Waals surface area (Å²) >= 11 is 0. The highest BCUT2D eigenvalue weighted by Crippen LogP contribution is 2.18. The fourth-order valence-electron chi connectivity index (χ4n) is 1.98. The molecule has 20 heavy (non-hydrogen) atoms. The molecule has 0 spiro atoms. The van der Waals surface area contributed by atoms with Crippen molar-refractivity contribution >= 4 is 0 Å². The predicted molar refractivity (Wildman–Crippen MR) is 81.6 cm³/mol. The number of unbranched alkanes of at least 4 members (excludes halogenated alkanes) is 5. The Morgan fingerprint density at radius 2 is 1.80 bits per heavy atom. The highest BCUT2D eigenvalue weighted by molar-refractivity contribution is 5.31. The number of para-hydroxylation sites is 1. The summed E-state index contributed by atoms with van der Waals surface area (Å²) in [5.41, 5.74) is 1.09. The quantitative estimate of drug-likeness (QED) is 0.748. The molecule has 0 saturated heterocycles. The standard InChI is InChI=1S/C14H22O.C2H3N3/c1-2-3-4-5-6-7-10-13-11-8-9-12-14(13)15;1-2-4-5-3-1/h8-9,11-12,15H,2-7,10H2,1H3;1-2H,(H,3,4,5). The van der Waals surface area contributed by atoms with Gasteiger partial charge >= 0.3 is 0 Å². The summed E-state index contributed by atoms with van der Waals surface area (Å²) in [6.45, 7) is 2.24. The van der Waals surface area contributed by atoms with Crippen molar-refractivity contribution in [1.29, 1.82) is 0 Å². The molecule has 4 heteroatoms. The molecule has 1 heterocycles. The van der Waals surface area contributed by atoms with Crippen LogP contribution in [0.1, 0.15) is 51.0 Å². The maximum absolute atomic E-state index is 9.55. The van der Waals surface area contributed by atoms with Gasteiger partial charge in [-0.1, -0.05) is 62.4 Å². The summed E-state index contributed by atoms with van der Waals surface area (Å²) in [4.78, 5) is 0. The third kappa shape index (κ3) is 7.56. The van der Waals surface area contributed by atoms with Crippen LogP contribution < -0.4 is 0 Å². The van der Waals surface area contributed by atoms with E-state index in [-0.39, 0.29) is 0 Å². The Morgan fingerprint density at radius 1 is 1.05 bits per heavy atom. The van der Waals surface area contributed by atoms with E-state index in [4.69, 9.17) is 0 Å². The summed E-state index contributed by atoms with van der Waals surface area (Å²) in [5.74, 6) is 0.450. The Balaban J connectivity index is 0.000000333. The molecule has 0 bridgehead atoms. The minimum atomic E-state index is 0.450. The summed E-state index contributed by atoms with van der Waals surface area (Å²) < 4.78 is 0. The van der Waals surface area contributed by atoms with E-state index in [9.17, 15) is 5.11 Å². The largest absolute Gasteiger partial charge is 0.508 e. The van der Waals surface area contributed by atoms with E-state index < -0.39 is 0 Å². The Kier molecular flexibility index (Phi) is 8.94. The molecule has 2 aromatic rings. The maximum atomic E-state index is 9.55. The lowest BCUT2D eigenvalue weighted by Crippen LogP contribution is -1.86. The van der Waals surface area contributed by atoms with E-state index in [1.807, 2.05) is 18.2 Å². The van der Waals surface area contributed by atoms with E-state index >= 15 is 0 Å². The summed E-state index contributed by atoms with van der Waals surface area (Å²) in [6.07, 6.45) is 12.1. The Labute approximate surface area is 121 Å². The van der Waals surface area contributed by atoms with Gasteiger partial charge in [0.05, 0.1) is 6.20 Å². The molecule has 0 saturated carbocycles. The number of aromatic nitrogens is 3. The highest BCUT2D eigenvalue weighted by atomic mass is 16.3. The summed E-state index contributed by atoms with van der Waals surface area (Å²) in [5, 5.41) is 18.8. The van der Waals surface area contributed by atoms with Crippen LogP contribution >= 0.6 is 0 Å². The number of nitrogens with one attached hydrogen (secondary N) is 1.